The van der Waals surface area contributed by atoms with E-state index in [0.29, 0.717) is 0 Å². The molecule has 2 aliphatic rings. The largest absolute Gasteiger partial charge is 0.369 e. The first kappa shape index (κ1) is 20.4. The third-order valence-corrected chi connectivity index (χ3v) is 7.02. The highest BCUT2D eigenvalue weighted by Gasteiger charge is 2.34. The second kappa shape index (κ2) is 7.93. The Balaban J connectivity index is 0.00000210. The molecular formula is C18H20Cl2FN3O2S. The second-order valence-corrected chi connectivity index (χ2v) is 8.79. The Kier molecular flexibility index (Phi) is 5.98. The molecule has 0 saturated carbocycles. The lowest BCUT2D eigenvalue weighted by molar-refractivity contribution is 0.426. The molecule has 0 radical (unpaired) electrons. The summed E-state index contributed by atoms with van der Waals surface area (Å²) in [5.41, 5.74) is 3.03. The summed E-state index contributed by atoms with van der Waals surface area (Å²) in [6.07, 6.45) is 0. The average Bonchev–Trinajstić information content (AvgIpc) is 3.10. The number of hydrogen-bond donors (Lipinski definition) is 1. The molecule has 9 heteroatoms. The third-order valence-electron chi connectivity index (χ3n) is 4.92. The smallest absolute Gasteiger partial charge is 0.246 e. The van der Waals surface area contributed by atoms with Crippen LogP contribution in [0.5, 0.6) is 0 Å². The fraction of sp³-hybridized carbons (Fsp3) is 0.333. The maximum absolute atomic E-state index is 14.3. The number of piperazine rings is 1. The van der Waals surface area contributed by atoms with E-state index in [2.05, 4.69) is 10.2 Å². The highest BCUT2D eigenvalue weighted by atomic mass is 35.5. The number of halogens is 3. The van der Waals surface area contributed by atoms with Gasteiger partial charge in [0, 0.05) is 45.0 Å². The van der Waals surface area contributed by atoms with E-state index in [-0.39, 0.29) is 35.4 Å². The molecule has 1 saturated heterocycles. The molecule has 0 bridgehead atoms. The van der Waals surface area contributed by atoms with E-state index in [4.69, 9.17) is 11.6 Å². The van der Waals surface area contributed by atoms with Gasteiger partial charge in [0.1, 0.15) is 4.90 Å². The van der Waals surface area contributed by atoms with Gasteiger partial charge in [0.15, 0.2) is 5.82 Å². The number of fused-ring (bicyclic) bond motifs is 1. The Hall–Kier alpha value is -1.38. The van der Waals surface area contributed by atoms with Crippen LogP contribution < -0.4 is 10.2 Å². The highest BCUT2D eigenvalue weighted by molar-refractivity contribution is 7.89. The Morgan fingerprint density at radius 2 is 1.74 bits per heavy atom. The molecule has 1 fully saturated rings. The molecule has 0 aliphatic carbocycles. The molecule has 0 atom stereocenters. The lowest BCUT2D eigenvalue weighted by Gasteiger charge is -2.31. The third kappa shape index (κ3) is 3.67. The van der Waals surface area contributed by atoms with E-state index in [1.54, 1.807) is 0 Å². The molecule has 2 aromatic carbocycles. The average molecular weight is 432 g/mol. The molecule has 1 N–H and O–H groups in total. The fourth-order valence-electron chi connectivity index (χ4n) is 3.57. The summed E-state index contributed by atoms with van der Waals surface area (Å²) in [5.74, 6) is -0.896. The first-order valence-corrected chi connectivity index (χ1v) is 10.3. The van der Waals surface area contributed by atoms with E-state index in [1.165, 1.54) is 22.5 Å². The number of rotatable bonds is 3. The Bertz CT molecular complexity index is 950. The number of benzene rings is 2. The van der Waals surface area contributed by atoms with Crippen molar-refractivity contribution < 1.29 is 12.8 Å². The summed E-state index contributed by atoms with van der Waals surface area (Å²) < 4.78 is 41.5. The van der Waals surface area contributed by atoms with Gasteiger partial charge in [-0.05, 0) is 29.3 Å². The van der Waals surface area contributed by atoms with Gasteiger partial charge in [-0.1, -0.05) is 29.8 Å². The van der Waals surface area contributed by atoms with E-state index in [1.807, 2.05) is 18.2 Å². The van der Waals surface area contributed by atoms with Gasteiger partial charge in [-0.25, -0.2) is 12.8 Å². The lowest BCUT2D eigenvalue weighted by atomic mass is 10.1. The summed E-state index contributed by atoms with van der Waals surface area (Å²) in [6, 6.07) is 9.97. The number of sulfonamides is 1. The van der Waals surface area contributed by atoms with Crippen molar-refractivity contribution in [2.75, 3.05) is 31.1 Å². The molecule has 0 spiro atoms. The predicted molar refractivity (Wildman–Crippen MR) is 107 cm³/mol. The zero-order valence-electron chi connectivity index (χ0n) is 14.5. The van der Waals surface area contributed by atoms with Gasteiger partial charge < -0.3 is 10.2 Å². The van der Waals surface area contributed by atoms with Gasteiger partial charge in [0.05, 0.1) is 5.02 Å². The van der Waals surface area contributed by atoms with Crippen molar-refractivity contribution in [2.24, 2.45) is 0 Å². The zero-order valence-corrected chi connectivity index (χ0v) is 16.9. The van der Waals surface area contributed by atoms with Crippen LogP contribution in [0.3, 0.4) is 0 Å². The van der Waals surface area contributed by atoms with Gasteiger partial charge >= 0.3 is 0 Å². The SMILES string of the molecule is Cl.O=S(=O)(c1cccc(Cl)c1F)N1Cc2cccc(N3CCNCC3)c2C1. The highest BCUT2D eigenvalue weighted by Crippen LogP contribution is 2.36. The zero-order chi connectivity index (χ0) is 18.3. The van der Waals surface area contributed by atoms with Crippen LogP contribution in [-0.4, -0.2) is 38.9 Å². The van der Waals surface area contributed by atoms with Crippen molar-refractivity contribution in [3.05, 3.63) is 58.4 Å². The molecule has 2 aromatic rings. The number of nitrogens with one attached hydrogen (secondary N) is 1. The van der Waals surface area contributed by atoms with Crippen molar-refractivity contribution in [1.82, 2.24) is 9.62 Å². The van der Waals surface area contributed by atoms with Crippen molar-refractivity contribution in [3.8, 4) is 0 Å². The molecule has 2 aliphatic heterocycles. The predicted octanol–water partition coefficient (Wildman–Crippen LogP) is 3.02. The van der Waals surface area contributed by atoms with Crippen molar-refractivity contribution in [1.29, 1.82) is 0 Å². The topological polar surface area (TPSA) is 52.7 Å². The van der Waals surface area contributed by atoms with Crippen LogP contribution in [0.4, 0.5) is 10.1 Å². The van der Waals surface area contributed by atoms with Crippen LogP contribution in [0.1, 0.15) is 11.1 Å². The molecular weight excluding hydrogens is 412 g/mol. The fourth-order valence-corrected chi connectivity index (χ4v) is 5.27. The molecule has 5 nitrogen and oxygen atoms in total. The maximum atomic E-state index is 14.3. The van der Waals surface area contributed by atoms with Gasteiger partial charge in [-0.3, -0.25) is 0 Å². The van der Waals surface area contributed by atoms with Crippen molar-refractivity contribution in [2.45, 2.75) is 18.0 Å². The molecule has 146 valence electrons. The maximum Gasteiger partial charge on any atom is 0.246 e. The van der Waals surface area contributed by atoms with Crippen LogP contribution in [0, 0.1) is 5.82 Å². The lowest BCUT2D eigenvalue weighted by Crippen LogP contribution is -2.44. The Morgan fingerprint density at radius 1 is 1.04 bits per heavy atom. The molecule has 0 aromatic heterocycles. The second-order valence-electron chi connectivity index (χ2n) is 6.48. The normalized spacial score (nSPS) is 17.5. The summed E-state index contributed by atoms with van der Waals surface area (Å²) in [4.78, 5) is 1.90. The number of hydrogen-bond acceptors (Lipinski definition) is 4. The summed E-state index contributed by atoms with van der Waals surface area (Å²) in [6.45, 7) is 4.05. The van der Waals surface area contributed by atoms with E-state index in [9.17, 15) is 12.8 Å². The Labute approximate surface area is 169 Å². The minimum absolute atomic E-state index is 0. The van der Waals surface area contributed by atoms with Gasteiger partial charge in [0.25, 0.3) is 0 Å². The summed E-state index contributed by atoms with van der Waals surface area (Å²) in [7, 11) is -3.96. The number of nitrogens with zero attached hydrogens (tertiary/aromatic N) is 2. The minimum Gasteiger partial charge on any atom is -0.369 e. The summed E-state index contributed by atoms with van der Waals surface area (Å²) in [5, 5.41) is 3.13. The van der Waals surface area contributed by atoms with Crippen molar-refractivity contribution in [3.63, 3.8) is 0 Å². The standard InChI is InChI=1S/C18H19ClFN3O2S.ClH/c19-15-4-2-6-17(18(15)20)26(24,25)23-11-13-3-1-5-16(14(13)12-23)22-9-7-21-8-10-22;/h1-6,21H,7-12H2;1H. The molecule has 4 rings (SSSR count). The van der Waals surface area contributed by atoms with Crippen molar-refractivity contribution >= 4 is 39.7 Å². The van der Waals surface area contributed by atoms with Crippen LogP contribution >= 0.6 is 24.0 Å². The van der Waals surface area contributed by atoms with Crippen LogP contribution in [0.15, 0.2) is 41.3 Å². The molecule has 2 heterocycles. The first-order chi connectivity index (χ1) is 12.5. The number of anilines is 1. The Morgan fingerprint density at radius 3 is 2.48 bits per heavy atom. The summed E-state index contributed by atoms with van der Waals surface area (Å²) >= 11 is 5.77. The monoisotopic (exact) mass is 431 g/mol. The van der Waals surface area contributed by atoms with Gasteiger partial charge in [-0.2, -0.15) is 4.31 Å². The van der Waals surface area contributed by atoms with E-state index < -0.39 is 15.8 Å². The molecule has 0 unspecified atom stereocenters. The van der Waals surface area contributed by atoms with Crippen LogP contribution in [-0.2, 0) is 23.1 Å². The van der Waals surface area contributed by atoms with Gasteiger partial charge in [-0.15, -0.1) is 12.4 Å². The molecule has 0 amide bonds. The van der Waals surface area contributed by atoms with E-state index in [0.717, 1.165) is 43.0 Å². The van der Waals surface area contributed by atoms with E-state index >= 15 is 0 Å². The van der Waals surface area contributed by atoms with Crippen LogP contribution in [0.2, 0.25) is 5.02 Å². The molecule has 27 heavy (non-hydrogen) atoms. The minimum atomic E-state index is -3.96. The van der Waals surface area contributed by atoms with Crippen LogP contribution in [0.25, 0.3) is 0 Å². The van der Waals surface area contributed by atoms with Gasteiger partial charge in [0.2, 0.25) is 10.0 Å². The quantitative estimate of drug-likeness (QED) is 0.811. The first-order valence-electron chi connectivity index (χ1n) is 8.49.